The number of rotatable bonds is 11. The van der Waals surface area contributed by atoms with Crippen LogP contribution < -0.4 is 14.4 Å². The van der Waals surface area contributed by atoms with Crippen LogP contribution in [0.15, 0.2) is 77.7 Å². The Labute approximate surface area is 249 Å². The van der Waals surface area contributed by atoms with Crippen LogP contribution in [0, 0.1) is 13.8 Å². The molecule has 8 nitrogen and oxygen atoms in total. The number of anilines is 1. The Morgan fingerprint density at radius 1 is 0.929 bits per heavy atom. The number of sulfonamides is 1. The van der Waals surface area contributed by atoms with E-state index in [2.05, 4.69) is 5.32 Å². The number of methoxy groups -OCH3 is 1. The predicted molar refractivity (Wildman–Crippen MR) is 165 cm³/mol. The highest BCUT2D eigenvalue weighted by molar-refractivity contribution is 7.92. The number of aryl methyl sites for hydroxylation is 2. The van der Waals surface area contributed by atoms with Gasteiger partial charge < -0.3 is 15.0 Å². The van der Waals surface area contributed by atoms with Gasteiger partial charge in [-0.25, -0.2) is 8.42 Å². The topological polar surface area (TPSA) is 96.0 Å². The summed E-state index contributed by atoms with van der Waals surface area (Å²) in [6.45, 7) is 5.22. The monoisotopic (exact) mass is 591 g/mol. The van der Waals surface area contributed by atoms with Crippen molar-refractivity contribution in [2.75, 3.05) is 18.0 Å². The third-order valence-corrected chi connectivity index (χ3v) is 9.57. The van der Waals surface area contributed by atoms with Crippen molar-refractivity contribution in [3.63, 3.8) is 0 Å². The first kappa shape index (κ1) is 31.1. The molecular formula is C33H41N3O5S. The number of hydrogen-bond acceptors (Lipinski definition) is 5. The van der Waals surface area contributed by atoms with Gasteiger partial charge in [0.2, 0.25) is 11.8 Å². The highest BCUT2D eigenvalue weighted by Gasteiger charge is 2.33. The molecule has 3 aromatic rings. The maximum atomic E-state index is 14.1. The van der Waals surface area contributed by atoms with Gasteiger partial charge in [0.25, 0.3) is 10.0 Å². The number of benzene rings is 3. The van der Waals surface area contributed by atoms with Crippen LogP contribution in [-0.2, 0) is 26.2 Å². The van der Waals surface area contributed by atoms with Gasteiger partial charge in [-0.3, -0.25) is 13.9 Å². The lowest BCUT2D eigenvalue weighted by Crippen LogP contribution is -2.53. The van der Waals surface area contributed by atoms with Gasteiger partial charge in [-0.15, -0.1) is 0 Å². The molecule has 9 heteroatoms. The van der Waals surface area contributed by atoms with E-state index in [0.29, 0.717) is 5.75 Å². The summed E-state index contributed by atoms with van der Waals surface area (Å²) in [7, 11) is -2.64. The Hall–Kier alpha value is -3.85. The second-order valence-electron chi connectivity index (χ2n) is 11.1. The van der Waals surface area contributed by atoms with Gasteiger partial charge in [0.15, 0.2) is 0 Å². The minimum Gasteiger partial charge on any atom is -0.497 e. The lowest BCUT2D eigenvalue weighted by Gasteiger charge is -2.33. The van der Waals surface area contributed by atoms with Gasteiger partial charge in [0.05, 0.1) is 17.7 Å². The molecule has 1 aliphatic rings. The van der Waals surface area contributed by atoms with Crippen LogP contribution in [0.1, 0.15) is 55.7 Å². The van der Waals surface area contributed by atoms with Gasteiger partial charge in [0, 0.05) is 18.7 Å². The normalized spacial score (nSPS) is 14.6. The number of ether oxygens (including phenoxy) is 1. The molecule has 3 aromatic carbocycles. The molecule has 4 rings (SSSR count). The van der Waals surface area contributed by atoms with Gasteiger partial charge in [-0.1, -0.05) is 72.9 Å². The Bertz CT molecular complexity index is 1480. The first-order valence-corrected chi connectivity index (χ1v) is 15.9. The molecule has 1 aliphatic carbocycles. The number of hydrogen-bond donors (Lipinski definition) is 1. The molecule has 1 atom stereocenters. The van der Waals surface area contributed by atoms with Crippen LogP contribution in [0.25, 0.3) is 0 Å². The van der Waals surface area contributed by atoms with Gasteiger partial charge in [-0.2, -0.15) is 0 Å². The van der Waals surface area contributed by atoms with E-state index >= 15 is 0 Å². The number of nitrogens with one attached hydrogen (secondary N) is 1. The molecule has 42 heavy (non-hydrogen) atoms. The fourth-order valence-corrected chi connectivity index (χ4v) is 6.70. The van der Waals surface area contributed by atoms with Crippen molar-refractivity contribution in [1.82, 2.24) is 10.2 Å². The fourth-order valence-electron chi connectivity index (χ4n) is 5.29. The Balaban J connectivity index is 1.69. The summed E-state index contributed by atoms with van der Waals surface area (Å²) in [5, 5.41) is 3.13. The molecule has 0 spiro atoms. The van der Waals surface area contributed by atoms with Crippen LogP contribution in [0.2, 0.25) is 0 Å². The zero-order chi connectivity index (χ0) is 30.3. The predicted octanol–water partition coefficient (Wildman–Crippen LogP) is 5.37. The molecule has 224 valence electrons. The SMILES string of the molecule is COc1cccc(N(CC(=O)N(Cc2cccc(C)c2)[C@@H](C)C(=O)NC2CCCCC2)S(=O)(=O)c2ccc(C)cc2)c1. The smallest absolute Gasteiger partial charge is 0.264 e. The minimum atomic E-state index is -4.14. The number of nitrogens with zero attached hydrogens (tertiary/aromatic N) is 2. The van der Waals surface area contributed by atoms with E-state index in [1.54, 1.807) is 43.3 Å². The average molecular weight is 592 g/mol. The molecule has 1 N–H and O–H groups in total. The van der Waals surface area contributed by atoms with Crippen LogP contribution in [0.3, 0.4) is 0 Å². The Morgan fingerprint density at radius 2 is 1.62 bits per heavy atom. The maximum absolute atomic E-state index is 14.1. The summed E-state index contributed by atoms with van der Waals surface area (Å²) < 4.78 is 34.5. The molecule has 0 bridgehead atoms. The third kappa shape index (κ3) is 7.70. The number of carbonyl (C=O) groups is 2. The molecule has 0 aliphatic heterocycles. The van der Waals surface area contributed by atoms with Crippen LogP contribution in [-0.4, -0.2) is 50.9 Å². The second-order valence-corrected chi connectivity index (χ2v) is 12.9. The van der Waals surface area contributed by atoms with E-state index in [0.717, 1.165) is 53.1 Å². The number of carbonyl (C=O) groups excluding carboxylic acids is 2. The summed E-state index contributed by atoms with van der Waals surface area (Å²) >= 11 is 0. The first-order valence-electron chi connectivity index (χ1n) is 14.5. The third-order valence-electron chi connectivity index (χ3n) is 7.78. The van der Waals surface area contributed by atoms with Crippen molar-refractivity contribution in [3.8, 4) is 5.75 Å². The van der Waals surface area contributed by atoms with Gasteiger partial charge in [0.1, 0.15) is 18.3 Å². The van der Waals surface area contributed by atoms with E-state index in [1.165, 1.54) is 24.1 Å². The van der Waals surface area contributed by atoms with E-state index in [4.69, 9.17) is 4.74 Å². The standard InChI is InChI=1S/C33H41N3O5S/c1-24-16-18-31(19-17-24)42(39,40)36(29-14-9-15-30(21-29)41-4)23-32(37)35(22-27-11-8-10-25(2)20-27)26(3)33(38)34-28-12-6-5-7-13-28/h8-11,14-21,26,28H,5-7,12-13,22-23H2,1-4H3,(H,34,38)/t26-/m0/s1. The maximum Gasteiger partial charge on any atom is 0.264 e. The van der Waals surface area contributed by atoms with Crippen LogP contribution >= 0.6 is 0 Å². The van der Waals surface area contributed by atoms with Crippen molar-refractivity contribution in [3.05, 3.63) is 89.5 Å². The van der Waals surface area contributed by atoms with Crippen molar-refractivity contribution in [2.24, 2.45) is 0 Å². The molecule has 0 heterocycles. The second kappa shape index (κ2) is 13.9. The van der Waals surface area contributed by atoms with Crippen LogP contribution in [0.5, 0.6) is 5.75 Å². The lowest BCUT2D eigenvalue weighted by atomic mass is 9.95. The Morgan fingerprint density at radius 3 is 2.29 bits per heavy atom. The quantitative estimate of drug-likeness (QED) is 0.323. The Kier molecular flexibility index (Phi) is 10.3. The summed E-state index contributed by atoms with van der Waals surface area (Å²) in [6.07, 6.45) is 5.14. The zero-order valence-electron chi connectivity index (χ0n) is 24.9. The fraction of sp³-hybridized carbons (Fsp3) is 0.394. The highest BCUT2D eigenvalue weighted by atomic mass is 32.2. The minimum absolute atomic E-state index is 0.0667. The largest absolute Gasteiger partial charge is 0.497 e. The average Bonchev–Trinajstić information content (AvgIpc) is 2.99. The van der Waals surface area contributed by atoms with E-state index in [1.807, 2.05) is 38.1 Å². The molecule has 2 amide bonds. The molecule has 0 unspecified atom stereocenters. The zero-order valence-corrected chi connectivity index (χ0v) is 25.7. The van der Waals surface area contributed by atoms with E-state index < -0.39 is 28.5 Å². The van der Waals surface area contributed by atoms with Crippen molar-refractivity contribution >= 4 is 27.5 Å². The molecule has 0 aromatic heterocycles. The van der Waals surface area contributed by atoms with Crippen molar-refractivity contribution in [2.45, 2.75) is 76.4 Å². The number of amides is 2. The molecule has 1 fully saturated rings. The van der Waals surface area contributed by atoms with Crippen molar-refractivity contribution < 1.29 is 22.7 Å². The van der Waals surface area contributed by atoms with E-state index in [9.17, 15) is 18.0 Å². The summed E-state index contributed by atoms with van der Waals surface area (Å²) in [6, 6.07) is 20.1. The molecule has 1 saturated carbocycles. The summed E-state index contributed by atoms with van der Waals surface area (Å²) in [5.41, 5.74) is 3.09. The van der Waals surface area contributed by atoms with E-state index in [-0.39, 0.29) is 29.1 Å². The summed E-state index contributed by atoms with van der Waals surface area (Å²) in [4.78, 5) is 29.1. The highest BCUT2D eigenvalue weighted by Crippen LogP contribution is 2.28. The van der Waals surface area contributed by atoms with Gasteiger partial charge >= 0.3 is 0 Å². The molecule has 0 radical (unpaired) electrons. The lowest BCUT2D eigenvalue weighted by molar-refractivity contribution is -0.139. The molecule has 0 saturated heterocycles. The van der Waals surface area contributed by atoms with Crippen molar-refractivity contribution in [1.29, 1.82) is 0 Å². The van der Waals surface area contributed by atoms with Crippen LogP contribution in [0.4, 0.5) is 5.69 Å². The van der Waals surface area contributed by atoms with Gasteiger partial charge in [-0.05, 0) is 63.4 Å². The molecular weight excluding hydrogens is 550 g/mol. The summed E-state index contributed by atoms with van der Waals surface area (Å²) in [5.74, 6) is -0.264. The first-order chi connectivity index (χ1) is 20.1.